The van der Waals surface area contributed by atoms with Crippen LogP contribution in [0.4, 0.5) is 0 Å². The fraction of sp³-hybridized carbons (Fsp3) is 0.471. The molecule has 0 aromatic carbocycles. The second-order valence-electron chi connectivity index (χ2n) is 5.77. The van der Waals surface area contributed by atoms with Crippen molar-refractivity contribution in [1.82, 2.24) is 15.4 Å². The number of allylic oxidation sites excluding steroid dienone is 4. The molecule has 0 saturated heterocycles. The number of nitrogens with one attached hydrogen (secondary N) is 1. The molecule has 7 heteroatoms. The quantitative estimate of drug-likeness (QED) is 0.747. The summed E-state index contributed by atoms with van der Waals surface area (Å²) in [6.45, 7) is 2.63. The van der Waals surface area contributed by atoms with Gasteiger partial charge in [0.15, 0.2) is 0 Å². The molecular weight excluding hydrogens is 322 g/mol. The highest BCUT2D eigenvalue weighted by Gasteiger charge is 2.20. The molecule has 1 amide bonds. The Kier molecular flexibility index (Phi) is 6.66. The van der Waals surface area contributed by atoms with Gasteiger partial charge in [-0.15, -0.1) is 0 Å². The van der Waals surface area contributed by atoms with Crippen molar-refractivity contribution in [2.24, 2.45) is 16.0 Å². The van der Waals surface area contributed by atoms with Crippen LogP contribution in [0, 0.1) is 5.92 Å². The Hall–Kier alpha value is -2.02. The molecule has 6 nitrogen and oxygen atoms in total. The summed E-state index contributed by atoms with van der Waals surface area (Å²) < 4.78 is 0. The molecule has 24 heavy (non-hydrogen) atoms. The molecule has 2 aliphatic heterocycles. The standard InChI is InChI=1S/C17H25N5OS/c1-13(12-24-4)17(23)20-22(3)16-9-8-15(19-21(16)2)14-7-5-6-10-18-11-14/h5-7,9,11,13H,8,10,12H2,1-4H3,(H,20,23). The van der Waals surface area contributed by atoms with Crippen LogP contribution in [0.3, 0.4) is 0 Å². The molecule has 0 aromatic rings. The topological polar surface area (TPSA) is 60.3 Å². The van der Waals surface area contributed by atoms with Gasteiger partial charge >= 0.3 is 0 Å². The van der Waals surface area contributed by atoms with E-state index in [-0.39, 0.29) is 11.8 Å². The van der Waals surface area contributed by atoms with E-state index in [9.17, 15) is 4.79 Å². The lowest BCUT2D eigenvalue weighted by Crippen LogP contribution is -2.45. The van der Waals surface area contributed by atoms with Gasteiger partial charge in [-0.25, -0.2) is 0 Å². The van der Waals surface area contributed by atoms with Crippen molar-refractivity contribution < 1.29 is 4.79 Å². The van der Waals surface area contributed by atoms with Crippen LogP contribution in [0.15, 0.2) is 45.8 Å². The molecule has 2 heterocycles. The third-order valence-electron chi connectivity index (χ3n) is 3.75. The van der Waals surface area contributed by atoms with Crippen LogP contribution < -0.4 is 5.43 Å². The van der Waals surface area contributed by atoms with Crippen LogP contribution >= 0.6 is 11.8 Å². The predicted molar refractivity (Wildman–Crippen MR) is 102 cm³/mol. The summed E-state index contributed by atoms with van der Waals surface area (Å²) >= 11 is 1.67. The van der Waals surface area contributed by atoms with Crippen molar-refractivity contribution in [3.05, 3.63) is 35.7 Å². The number of aliphatic imine (C=N–C) groups is 1. The Labute approximate surface area is 148 Å². The number of amides is 1. The molecule has 0 bridgehead atoms. The summed E-state index contributed by atoms with van der Waals surface area (Å²) in [6.07, 6.45) is 12.7. The Morgan fingerprint density at radius 1 is 1.54 bits per heavy atom. The molecule has 2 aliphatic rings. The summed E-state index contributed by atoms with van der Waals surface area (Å²) in [5.74, 6) is 1.64. The molecule has 130 valence electrons. The van der Waals surface area contributed by atoms with Crippen LogP contribution in [0.2, 0.25) is 0 Å². The number of thioether (sulfide) groups is 1. The third kappa shape index (κ3) is 4.74. The lowest BCUT2D eigenvalue weighted by atomic mass is 10.1. The summed E-state index contributed by atoms with van der Waals surface area (Å²) in [7, 11) is 3.71. The van der Waals surface area contributed by atoms with Crippen molar-refractivity contribution in [2.45, 2.75) is 13.3 Å². The van der Waals surface area contributed by atoms with Gasteiger partial charge in [0.25, 0.3) is 0 Å². The number of carbonyl (C=O) groups excluding carboxylic acids is 1. The Balaban J connectivity index is 2.00. The van der Waals surface area contributed by atoms with Crippen molar-refractivity contribution in [2.75, 3.05) is 32.6 Å². The smallest absolute Gasteiger partial charge is 0.242 e. The van der Waals surface area contributed by atoms with Crippen LogP contribution in [0.5, 0.6) is 0 Å². The van der Waals surface area contributed by atoms with Crippen molar-refractivity contribution >= 4 is 29.6 Å². The highest BCUT2D eigenvalue weighted by Crippen LogP contribution is 2.17. The van der Waals surface area contributed by atoms with E-state index in [0.717, 1.165) is 22.9 Å². The Morgan fingerprint density at radius 3 is 3.04 bits per heavy atom. The van der Waals surface area contributed by atoms with E-state index in [1.807, 2.05) is 51.7 Å². The Morgan fingerprint density at radius 2 is 2.33 bits per heavy atom. The number of hydrogen-bond acceptors (Lipinski definition) is 6. The Bertz CT molecular complexity index is 620. The normalized spacial score (nSPS) is 18.3. The fourth-order valence-corrected chi connectivity index (χ4v) is 3.09. The molecule has 1 atom stereocenters. The first-order valence-electron chi connectivity index (χ1n) is 7.94. The molecule has 2 rings (SSSR count). The molecule has 0 aliphatic carbocycles. The molecule has 0 fully saturated rings. The number of hydrazine groups is 1. The van der Waals surface area contributed by atoms with E-state index in [0.29, 0.717) is 13.0 Å². The van der Waals surface area contributed by atoms with E-state index < -0.39 is 0 Å². The number of carbonyl (C=O) groups is 1. The molecule has 0 aromatic heterocycles. The fourth-order valence-electron chi connectivity index (χ4n) is 2.44. The second kappa shape index (κ2) is 8.73. The van der Waals surface area contributed by atoms with Crippen LogP contribution in [0.1, 0.15) is 13.3 Å². The summed E-state index contributed by atoms with van der Waals surface area (Å²) in [5.41, 5.74) is 4.90. The van der Waals surface area contributed by atoms with Crippen molar-refractivity contribution in [1.29, 1.82) is 0 Å². The lowest BCUT2D eigenvalue weighted by Gasteiger charge is -2.31. The molecular formula is C17H25N5OS. The molecule has 0 saturated carbocycles. The van der Waals surface area contributed by atoms with Gasteiger partial charge in [0.2, 0.25) is 5.91 Å². The minimum atomic E-state index is -0.0323. The van der Waals surface area contributed by atoms with Gasteiger partial charge in [-0.3, -0.25) is 25.2 Å². The first-order valence-corrected chi connectivity index (χ1v) is 9.34. The minimum Gasteiger partial charge on any atom is -0.288 e. The average molecular weight is 347 g/mol. The highest BCUT2D eigenvalue weighted by molar-refractivity contribution is 7.98. The number of rotatable bonds is 6. The molecule has 1 N–H and O–H groups in total. The van der Waals surface area contributed by atoms with Gasteiger partial charge in [0.05, 0.1) is 12.3 Å². The zero-order chi connectivity index (χ0) is 17.5. The zero-order valence-electron chi connectivity index (χ0n) is 14.7. The summed E-state index contributed by atoms with van der Waals surface area (Å²) in [5, 5.41) is 8.14. The zero-order valence-corrected chi connectivity index (χ0v) is 15.5. The molecule has 0 spiro atoms. The average Bonchev–Trinajstić information content (AvgIpc) is 2.84. The number of hydrazone groups is 1. The maximum Gasteiger partial charge on any atom is 0.242 e. The molecule has 1 unspecified atom stereocenters. The van der Waals surface area contributed by atoms with Gasteiger partial charge in [0.1, 0.15) is 5.82 Å². The monoisotopic (exact) mass is 347 g/mol. The minimum absolute atomic E-state index is 0.0136. The van der Waals surface area contributed by atoms with Crippen LogP contribution in [0.25, 0.3) is 0 Å². The summed E-state index contributed by atoms with van der Waals surface area (Å²) in [4.78, 5) is 16.5. The SMILES string of the molecule is CSCC(C)C(=O)NN(C)C1=CCC(C2=CC=CCN=C2)=NN1C. The first kappa shape index (κ1) is 18.3. The van der Waals surface area contributed by atoms with E-state index in [4.69, 9.17) is 0 Å². The van der Waals surface area contributed by atoms with Gasteiger partial charge in [-0.2, -0.15) is 16.9 Å². The van der Waals surface area contributed by atoms with Gasteiger partial charge in [-0.1, -0.05) is 25.2 Å². The largest absolute Gasteiger partial charge is 0.288 e. The highest BCUT2D eigenvalue weighted by atomic mass is 32.2. The number of nitrogens with zero attached hydrogens (tertiary/aromatic N) is 4. The van der Waals surface area contributed by atoms with Crippen molar-refractivity contribution in [3.63, 3.8) is 0 Å². The van der Waals surface area contributed by atoms with Gasteiger partial charge in [-0.05, 0) is 12.3 Å². The van der Waals surface area contributed by atoms with Gasteiger partial charge in [0, 0.05) is 44.0 Å². The second-order valence-corrected chi connectivity index (χ2v) is 6.68. The van der Waals surface area contributed by atoms with E-state index in [1.54, 1.807) is 21.8 Å². The van der Waals surface area contributed by atoms with Crippen molar-refractivity contribution in [3.8, 4) is 0 Å². The van der Waals surface area contributed by atoms with Gasteiger partial charge < -0.3 is 0 Å². The maximum absolute atomic E-state index is 12.2. The maximum atomic E-state index is 12.2. The van der Waals surface area contributed by atoms with E-state index in [1.165, 1.54) is 0 Å². The van der Waals surface area contributed by atoms with Crippen LogP contribution in [-0.4, -0.2) is 60.5 Å². The molecule has 0 radical (unpaired) electrons. The first-order chi connectivity index (χ1) is 11.5. The summed E-state index contributed by atoms with van der Waals surface area (Å²) in [6, 6.07) is 0. The van der Waals surface area contributed by atoms with E-state index >= 15 is 0 Å². The van der Waals surface area contributed by atoms with E-state index in [2.05, 4.69) is 21.6 Å². The third-order valence-corrected chi connectivity index (χ3v) is 4.59. The number of hydrogen-bond donors (Lipinski definition) is 1. The predicted octanol–water partition coefficient (Wildman–Crippen LogP) is 2.05. The van der Waals surface area contributed by atoms with Crippen LogP contribution in [-0.2, 0) is 4.79 Å². The lowest BCUT2D eigenvalue weighted by molar-refractivity contribution is -0.127.